The smallest absolute Gasteiger partial charge is 0.274 e. The second kappa shape index (κ2) is 6.77. The SMILES string of the molecule is CCOc1ccc(C2CCCN2C(=O)c2ccc(C)nn2)cc1. The summed E-state index contributed by atoms with van der Waals surface area (Å²) in [6.07, 6.45) is 1.97. The lowest BCUT2D eigenvalue weighted by molar-refractivity contribution is 0.0728. The molecule has 0 N–H and O–H groups in total. The van der Waals surface area contributed by atoms with Crippen LogP contribution in [0.25, 0.3) is 0 Å². The van der Waals surface area contributed by atoms with Gasteiger partial charge in [0.05, 0.1) is 18.3 Å². The molecule has 2 aromatic rings. The van der Waals surface area contributed by atoms with Crippen LogP contribution in [0.15, 0.2) is 36.4 Å². The monoisotopic (exact) mass is 311 g/mol. The summed E-state index contributed by atoms with van der Waals surface area (Å²) in [6.45, 7) is 5.24. The van der Waals surface area contributed by atoms with Gasteiger partial charge in [-0.05, 0) is 56.5 Å². The van der Waals surface area contributed by atoms with Crippen molar-refractivity contribution in [2.24, 2.45) is 0 Å². The molecule has 120 valence electrons. The summed E-state index contributed by atoms with van der Waals surface area (Å²) >= 11 is 0. The summed E-state index contributed by atoms with van der Waals surface area (Å²) in [7, 11) is 0. The van der Waals surface area contributed by atoms with Gasteiger partial charge >= 0.3 is 0 Å². The second-order valence-electron chi connectivity index (χ2n) is 5.72. The molecule has 0 aliphatic carbocycles. The molecular weight excluding hydrogens is 290 g/mol. The number of carbonyl (C=O) groups excluding carboxylic acids is 1. The van der Waals surface area contributed by atoms with E-state index in [1.807, 2.05) is 49.1 Å². The first-order chi connectivity index (χ1) is 11.2. The lowest BCUT2D eigenvalue weighted by Gasteiger charge is -2.24. The van der Waals surface area contributed by atoms with Crippen molar-refractivity contribution in [3.8, 4) is 5.75 Å². The Morgan fingerprint density at radius 1 is 1.22 bits per heavy atom. The van der Waals surface area contributed by atoms with Gasteiger partial charge in [0, 0.05) is 6.54 Å². The number of aryl methyl sites for hydroxylation is 1. The van der Waals surface area contributed by atoms with E-state index in [1.54, 1.807) is 6.07 Å². The zero-order valence-corrected chi connectivity index (χ0v) is 13.5. The Bertz CT molecular complexity index is 668. The molecule has 3 rings (SSSR count). The molecule has 1 atom stereocenters. The molecule has 0 saturated carbocycles. The zero-order chi connectivity index (χ0) is 16.2. The predicted octanol–water partition coefficient (Wildman–Crippen LogP) is 3.16. The third-order valence-corrected chi connectivity index (χ3v) is 4.11. The molecule has 1 aliphatic rings. The van der Waals surface area contributed by atoms with Gasteiger partial charge in [-0.15, -0.1) is 5.10 Å². The van der Waals surface area contributed by atoms with Gasteiger partial charge in [0.25, 0.3) is 5.91 Å². The third kappa shape index (κ3) is 3.33. The molecule has 23 heavy (non-hydrogen) atoms. The number of benzene rings is 1. The van der Waals surface area contributed by atoms with Crippen molar-refractivity contribution in [3.63, 3.8) is 0 Å². The summed E-state index contributed by atoms with van der Waals surface area (Å²) in [4.78, 5) is 14.6. The van der Waals surface area contributed by atoms with Crippen molar-refractivity contribution in [1.82, 2.24) is 15.1 Å². The van der Waals surface area contributed by atoms with Crippen molar-refractivity contribution < 1.29 is 9.53 Å². The zero-order valence-electron chi connectivity index (χ0n) is 13.5. The normalized spacial score (nSPS) is 17.3. The van der Waals surface area contributed by atoms with Crippen LogP contribution in [0, 0.1) is 6.92 Å². The molecule has 0 bridgehead atoms. The van der Waals surface area contributed by atoms with Crippen LogP contribution in [0.2, 0.25) is 0 Å². The maximum absolute atomic E-state index is 12.7. The molecule has 1 fully saturated rings. The van der Waals surface area contributed by atoms with Crippen LogP contribution in [0.1, 0.15) is 47.6 Å². The number of nitrogens with zero attached hydrogens (tertiary/aromatic N) is 3. The molecule has 1 aromatic heterocycles. The molecule has 0 radical (unpaired) electrons. The first-order valence-electron chi connectivity index (χ1n) is 8.03. The predicted molar refractivity (Wildman–Crippen MR) is 87.4 cm³/mol. The number of rotatable bonds is 4. The third-order valence-electron chi connectivity index (χ3n) is 4.11. The highest BCUT2D eigenvalue weighted by atomic mass is 16.5. The molecule has 1 unspecified atom stereocenters. The molecule has 1 aliphatic heterocycles. The quantitative estimate of drug-likeness (QED) is 0.870. The minimum Gasteiger partial charge on any atom is -0.494 e. The Kier molecular flexibility index (Phi) is 4.55. The van der Waals surface area contributed by atoms with Gasteiger partial charge in [-0.25, -0.2) is 0 Å². The summed E-state index contributed by atoms with van der Waals surface area (Å²) in [6, 6.07) is 11.7. The second-order valence-corrected chi connectivity index (χ2v) is 5.72. The van der Waals surface area contributed by atoms with E-state index in [4.69, 9.17) is 4.74 Å². The summed E-state index contributed by atoms with van der Waals surface area (Å²) in [5, 5.41) is 8.02. The van der Waals surface area contributed by atoms with Crippen molar-refractivity contribution in [2.75, 3.05) is 13.2 Å². The van der Waals surface area contributed by atoms with Crippen LogP contribution in [-0.4, -0.2) is 34.2 Å². The van der Waals surface area contributed by atoms with E-state index >= 15 is 0 Å². The van der Waals surface area contributed by atoms with Gasteiger partial charge in [0.1, 0.15) is 5.75 Å². The van der Waals surface area contributed by atoms with Gasteiger partial charge < -0.3 is 9.64 Å². The Morgan fingerprint density at radius 3 is 2.65 bits per heavy atom. The summed E-state index contributed by atoms with van der Waals surface area (Å²) in [5.41, 5.74) is 2.36. The lowest BCUT2D eigenvalue weighted by atomic mass is 10.0. The molecular formula is C18H21N3O2. The van der Waals surface area contributed by atoms with Gasteiger partial charge in [0.2, 0.25) is 0 Å². The van der Waals surface area contributed by atoms with Crippen LogP contribution >= 0.6 is 0 Å². The van der Waals surface area contributed by atoms with Crippen molar-refractivity contribution in [2.45, 2.75) is 32.7 Å². The minimum absolute atomic E-state index is 0.0473. The Labute approximate surface area is 136 Å². The molecule has 1 saturated heterocycles. The van der Waals surface area contributed by atoms with Crippen LogP contribution in [0.4, 0.5) is 0 Å². The molecule has 1 aromatic carbocycles. The average Bonchev–Trinajstić information content (AvgIpc) is 3.05. The average molecular weight is 311 g/mol. The number of ether oxygens (including phenoxy) is 1. The van der Waals surface area contributed by atoms with E-state index in [0.717, 1.165) is 36.4 Å². The first-order valence-corrected chi connectivity index (χ1v) is 8.03. The molecule has 0 spiro atoms. The van der Waals surface area contributed by atoms with Gasteiger partial charge in [0.15, 0.2) is 5.69 Å². The van der Waals surface area contributed by atoms with Gasteiger partial charge in [-0.3, -0.25) is 4.79 Å². The summed E-state index contributed by atoms with van der Waals surface area (Å²) in [5.74, 6) is 0.811. The Balaban J connectivity index is 1.79. The Morgan fingerprint density at radius 2 is 2.00 bits per heavy atom. The van der Waals surface area contributed by atoms with E-state index < -0.39 is 0 Å². The first kappa shape index (κ1) is 15.5. The van der Waals surface area contributed by atoms with E-state index in [0.29, 0.717) is 12.3 Å². The van der Waals surface area contributed by atoms with E-state index in [1.165, 1.54) is 0 Å². The van der Waals surface area contributed by atoms with Crippen molar-refractivity contribution in [3.05, 3.63) is 53.3 Å². The highest BCUT2D eigenvalue weighted by molar-refractivity contribution is 5.92. The highest BCUT2D eigenvalue weighted by Crippen LogP contribution is 2.33. The van der Waals surface area contributed by atoms with Gasteiger partial charge in [-0.1, -0.05) is 12.1 Å². The largest absolute Gasteiger partial charge is 0.494 e. The number of carbonyl (C=O) groups is 1. The minimum atomic E-state index is -0.0473. The number of hydrogen-bond donors (Lipinski definition) is 0. The van der Waals surface area contributed by atoms with Gasteiger partial charge in [-0.2, -0.15) is 5.10 Å². The fraction of sp³-hybridized carbons (Fsp3) is 0.389. The van der Waals surface area contributed by atoms with Crippen LogP contribution in [-0.2, 0) is 0 Å². The van der Waals surface area contributed by atoms with E-state index in [-0.39, 0.29) is 11.9 Å². The molecule has 5 nitrogen and oxygen atoms in total. The van der Waals surface area contributed by atoms with Crippen molar-refractivity contribution in [1.29, 1.82) is 0 Å². The topological polar surface area (TPSA) is 55.3 Å². The van der Waals surface area contributed by atoms with E-state index in [9.17, 15) is 4.79 Å². The standard InChI is InChI=1S/C18H21N3O2/c1-3-23-15-9-7-14(8-10-15)17-5-4-12-21(17)18(22)16-11-6-13(2)19-20-16/h6-11,17H,3-5,12H2,1-2H3. The molecule has 2 heterocycles. The number of amides is 1. The fourth-order valence-corrected chi connectivity index (χ4v) is 2.97. The molecule has 5 heteroatoms. The maximum atomic E-state index is 12.7. The summed E-state index contributed by atoms with van der Waals surface area (Å²) < 4.78 is 5.48. The maximum Gasteiger partial charge on any atom is 0.274 e. The van der Waals surface area contributed by atoms with E-state index in [2.05, 4.69) is 10.2 Å². The number of likely N-dealkylation sites (tertiary alicyclic amines) is 1. The molecule has 1 amide bonds. The number of hydrogen-bond acceptors (Lipinski definition) is 4. The van der Waals surface area contributed by atoms with Crippen LogP contribution in [0.5, 0.6) is 5.75 Å². The van der Waals surface area contributed by atoms with Crippen LogP contribution in [0.3, 0.4) is 0 Å². The Hall–Kier alpha value is -2.43. The van der Waals surface area contributed by atoms with Crippen LogP contribution < -0.4 is 4.74 Å². The fourth-order valence-electron chi connectivity index (χ4n) is 2.97. The van der Waals surface area contributed by atoms with Crippen molar-refractivity contribution >= 4 is 5.91 Å². The highest BCUT2D eigenvalue weighted by Gasteiger charge is 2.31. The number of aromatic nitrogens is 2. The lowest BCUT2D eigenvalue weighted by Crippen LogP contribution is -2.31.